The molecule has 1 unspecified atom stereocenters. The van der Waals surface area contributed by atoms with Crippen molar-refractivity contribution in [3.05, 3.63) is 64.7 Å². The van der Waals surface area contributed by atoms with Crippen LogP contribution in [0.5, 0.6) is 5.75 Å². The fourth-order valence-corrected chi connectivity index (χ4v) is 5.10. The minimum absolute atomic E-state index is 0.0960. The van der Waals surface area contributed by atoms with Gasteiger partial charge in [0.25, 0.3) is 5.91 Å². The third kappa shape index (κ3) is 6.10. The smallest absolute Gasteiger partial charge is 0.416 e. The SMILES string of the molecule is CCCC(CNC(=O)C1(c2ccc(Cl)cc2)CC1)(Oc1ccc(C(F)(F)F)cc1)C(=O)N1CCN(C)CC1. The maximum Gasteiger partial charge on any atom is 0.416 e. The highest BCUT2D eigenvalue weighted by atomic mass is 35.5. The number of benzene rings is 2. The summed E-state index contributed by atoms with van der Waals surface area (Å²) in [6.45, 7) is 4.20. The minimum Gasteiger partial charge on any atom is -0.476 e. The lowest BCUT2D eigenvalue weighted by Gasteiger charge is -2.40. The van der Waals surface area contributed by atoms with Crippen LogP contribution in [0.1, 0.15) is 43.7 Å². The van der Waals surface area contributed by atoms with Crippen molar-refractivity contribution in [3.8, 4) is 5.75 Å². The molecule has 2 aromatic rings. The molecule has 2 aliphatic rings. The molecule has 0 aromatic heterocycles. The van der Waals surface area contributed by atoms with E-state index in [1.54, 1.807) is 17.0 Å². The number of carbonyl (C=O) groups is 2. The number of carbonyl (C=O) groups excluding carboxylic acids is 2. The lowest BCUT2D eigenvalue weighted by atomic mass is 9.92. The van der Waals surface area contributed by atoms with E-state index in [0.29, 0.717) is 50.5 Å². The van der Waals surface area contributed by atoms with Gasteiger partial charge in [-0.3, -0.25) is 9.59 Å². The van der Waals surface area contributed by atoms with Gasteiger partial charge in [-0.2, -0.15) is 13.2 Å². The van der Waals surface area contributed by atoms with Gasteiger partial charge in [-0.25, -0.2) is 0 Å². The van der Waals surface area contributed by atoms with Crippen LogP contribution in [0.3, 0.4) is 0 Å². The number of nitrogens with zero attached hydrogens (tertiary/aromatic N) is 2. The number of rotatable bonds is 9. The third-order valence-electron chi connectivity index (χ3n) is 7.44. The van der Waals surface area contributed by atoms with Crippen molar-refractivity contribution in [3.63, 3.8) is 0 Å². The van der Waals surface area contributed by atoms with E-state index < -0.39 is 22.8 Å². The molecule has 1 saturated heterocycles. The molecular formula is C28H33ClF3N3O3. The summed E-state index contributed by atoms with van der Waals surface area (Å²) in [6, 6.07) is 11.5. The van der Waals surface area contributed by atoms with Gasteiger partial charge >= 0.3 is 6.18 Å². The van der Waals surface area contributed by atoms with Gasteiger partial charge in [-0.15, -0.1) is 0 Å². The molecule has 0 spiro atoms. The molecule has 2 amide bonds. The Bertz CT molecular complexity index is 1130. The Morgan fingerprint density at radius 1 is 1.00 bits per heavy atom. The Hall–Kier alpha value is -2.78. The predicted octanol–water partition coefficient (Wildman–Crippen LogP) is 4.90. The number of ether oxygens (including phenoxy) is 1. The summed E-state index contributed by atoms with van der Waals surface area (Å²) in [4.78, 5) is 31.3. The maximum atomic E-state index is 14.0. The third-order valence-corrected chi connectivity index (χ3v) is 7.70. The Morgan fingerprint density at radius 2 is 1.61 bits per heavy atom. The van der Waals surface area contributed by atoms with Gasteiger partial charge in [-0.05, 0) is 68.3 Å². The summed E-state index contributed by atoms with van der Waals surface area (Å²) >= 11 is 6.02. The number of hydrogen-bond donors (Lipinski definition) is 1. The van der Waals surface area contributed by atoms with Crippen LogP contribution in [0.25, 0.3) is 0 Å². The molecule has 1 saturated carbocycles. The zero-order valence-electron chi connectivity index (χ0n) is 21.6. The molecular weight excluding hydrogens is 519 g/mol. The number of hydrogen-bond acceptors (Lipinski definition) is 4. The molecule has 1 heterocycles. The van der Waals surface area contributed by atoms with Crippen LogP contribution in [0.4, 0.5) is 13.2 Å². The molecule has 1 atom stereocenters. The lowest BCUT2D eigenvalue weighted by molar-refractivity contribution is -0.151. The molecule has 1 aliphatic heterocycles. The highest BCUT2D eigenvalue weighted by Crippen LogP contribution is 2.48. The first kappa shape index (κ1) is 28.2. The Labute approximate surface area is 226 Å². The van der Waals surface area contributed by atoms with Crippen molar-refractivity contribution in [2.24, 2.45) is 0 Å². The van der Waals surface area contributed by atoms with Gasteiger partial charge in [0.15, 0.2) is 0 Å². The first-order chi connectivity index (χ1) is 18.0. The van der Waals surface area contributed by atoms with Gasteiger partial charge in [0.1, 0.15) is 5.75 Å². The molecule has 0 radical (unpaired) electrons. The summed E-state index contributed by atoms with van der Waals surface area (Å²) in [5.74, 6) is -0.339. The van der Waals surface area contributed by atoms with E-state index in [1.807, 2.05) is 26.1 Å². The Morgan fingerprint density at radius 3 is 2.13 bits per heavy atom. The highest BCUT2D eigenvalue weighted by molar-refractivity contribution is 6.30. The number of piperazine rings is 1. The molecule has 206 valence electrons. The van der Waals surface area contributed by atoms with Gasteiger partial charge in [0.05, 0.1) is 17.5 Å². The van der Waals surface area contributed by atoms with Crippen LogP contribution < -0.4 is 10.1 Å². The largest absolute Gasteiger partial charge is 0.476 e. The number of likely N-dealkylation sites (N-methyl/N-ethyl adjacent to an activating group) is 1. The number of halogens is 4. The van der Waals surface area contributed by atoms with E-state index in [-0.39, 0.29) is 30.5 Å². The minimum atomic E-state index is -4.48. The summed E-state index contributed by atoms with van der Waals surface area (Å²) in [5, 5.41) is 3.55. The van der Waals surface area contributed by atoms with Gasteiger partial charge in [0, 0.05) is 31.2 Å². The second kappa shape index (κ2) is 11.1. The Kier molecular flexibility index (Phi) is 8.28. The van der Waals surface area contributed by atoms with E-state index in [0.717, 1.165) is 17.7 Å². The summed E-state index contributed by atoms with van der Waals surface area (Å²) in [5.41, 5.74) is -2.10. The molecule has 1 aliphatic carbocycles. The van der Waals surface area contributed by atoms with Gasteiger partial charge < -0.3 is 19.9 Å². The zero-order valence-corrected chi connectivity index (χ0v) is 22.4. The summed E-state index contributed by atoms with van der Waals surface area (Å²) in [6.07, 6.45) is -2.28. The van der Waals surface area contributed by atoms with Crippen molar-refractivity contribution in [2.75, 3.05) is 39.8 Å². The molecule has 2 fully saturated rings. The zero-order chi connectivity index (χ0) is 27.6. The van der Waals surface area contributed by atoms with E-state index in [1.165, 1.54) is 12.1 Å². The fourth-order valence-electron chi connectivity index (χ4n) is 4.97. The number of alkyl halides is 3. The molecule has 6 nitrogen and oxygen atoms in total. The quantitative estimate of drug-likeness (QED) is 0.482. The van der Waals surface area contributed by atoms with Crippen molar-refractivity contribution >= 4 is 23.4 Å². The van der Waals surface area contributed by atoms with Crippen molar-refractivity contribution in [1.29, 1.82) is 0 Å². The second-order valence-electron chi connectivity index (χ2n) is 10.2. The van der Waals surface area contributed by atoms with Crippen LogP contribution in [0.15, 0.2) is 48.5 Å². The summed E-state index contributed by atoms with van der Waals surface area (Å²) < 4.78 is 45.6. The molecule has 1 N–H and O–H groups in total. The average Bonchev–Trinajstić information content (AvgIpc) is 3.70. The van der Waals surface area contributed by atoms with Crippen molar-refractivity contribution < 1.29 is 27.5 Å². The van der Waals surface area contributed by atoms with Crippen LogP contribution >= 0.6 is 11.6 Å². The molecule has 38 heavy (non-hydrogen) atoms. The van der Waals surface area contributed by atoms with Gasteiger partial charge in [-0.1, -0.05) is 37.1 Å². The molecule has 2 aromatic carbocycles. The first-order valence-electron chi connectivity index (χ1n) is 12.9. The van der Waals surface area contributed by atoms with E-state index in [9.17, 15) is 22.8 Å². The highest BCUT2D eigenvalue weighted by Gasteiger charge is 2.52. The lowest BCUT2D eigenvalue weighted by Crippen LogP contribution is -2.62. The Balaban J connectivity index is 1.60. The normalized spacial score (nSPS) is 18.9. The molecule has 0 bridgehead atoms. The second-order valence-corrected chi connectivity index (χ2v) is 10.7. The van der Waals surface area contributed by atoms with Crippen LogP contribution in [0, 0.1) is 0 Å². The van der Waals surface area contributed by atoms with E-state index in [2.05, 4.69) is 10.2 Å². The maximum absolute atomic E-state index is 14.0. The van der Waals surface area contributed by atoms with E-state index in [4.69, 9.17) is 16.3 Å². The number of nitrogens with one attached hydrogen (secondary N) is 1. The standard InChI is InChI=1S/C28H33ClF3N3O3/c1-3-12-27(25(37)35-17-15-34(2)16-18-35,38-23-10-6-21(7-11-23)28(30,31)32)19-33-24(36)26(13-14-26)20-4-8-22(29)9-5-20/h4-11H,3,12-19H2,1-2H3,(H,33,36). The topological polar surface area (TPSA) is 61.9 Å². The fraction of sp³-hybridized carbons (Fsp3) is 0.500. The monoisotopic (exact) mass is 551 g/mol. The van der Waals surface area contributed by atoms with Crippen molar-refractivity contribution in [2.45, 2.75) is 49.8 Å². The summed E-state index contributed by atoms with van der Waals surface area (Å²) in [7, 11) is 1.98. The predicted molar refractivity (Wildman–Crippen MR) is 139 cm³/mol. The average molecular weight is 552 g/mol. The van der Waals surface area contributed by atoms with Crippen LogP contribution in [0.2, 0.25) is 5.02 Å². The van der Waals surface area contributed by atoms with E-state index >= 15 is 0 Å². The van der Waals surface area contributed by atoms with Crippen molar-refractivity contribution in [1.82, 2.24) is 15.1 Å². The first-order valence-corrected chi connectivity index (χ1v) is 13.3. The van der Waals surface area contributed by atoms with Crippen LogP contribution in [-0.2, 0) is 21.2 Å². The van der Waals surface area contributed by atoms with Crippen LogP contribution in [-0.4, -0.2) is 67.0 Å². The van der Waals surface area contributed by atoms with Gasteiger partial charge in [0.2, 0.25) is 11.5 Å². The number of amides is 2. The molecule has 4 rings (SSSR count). The molecule has 10 heteroatoms.